The molecule has 0 bridgehead atoms. The maximum Gasteiger partial charge on any atom is 0.124 e. The Kier molecular flexibility index (Phi) is 4.80. The minimum absolute atomic E-state index is 0.151. The van der Waals surface area contributed by atoms with Crippen LogP contribution in [0.2, 0.25) is 5.02 Å². The number of rotatable bonds is 5. The summed E-state index contributed by atoms with van der Waals surface area (Å²) < 4.78 is 5.64. The number of hydrazine groups is 1. The van der Waals surface area contributed by atoms with Gasteiger partial charge in [-0.25, -0.2) is 5.43 Å². The van der Waals surface area contributed by atoms with Crippen LogP contribution in [0.15, 0.2) is 48.5 Å². The van der Waals surface area contributed by atoms with Gasteiger partial charge in [0.2, 0.25) is 0 Å². The third-order valence-corrected chi connectivity index (χ3v) is 3.11. The van der Waals surface area contributed by atoms with Gasteiger partial charge in [0, 0.05) is 10.6 Å². The normalized spacial score (nSPS) is 12.2. The monoisotopic (exact) mass is 276 g/mol. The lowest BCUT2D eigenvalue weighted by Gasteiger charge is -2.20. The Morgan fingerprint density at radius 2 is 2.00 bits per heavy atom. The van der Waals surface area contributed by atoms with Gasteiger partial charge in [-0.15, -0.1) is 0 Å². The van der Waals surface area contributed by atoms with E-state index in [0.717, 1.165) is 16.9 Å². The Morgan fingerprint density at radius 1 is 1.21 bits per heavy atom. The summed E-state index contributed by atoms with van der Waals surface area (Å²) in [5.41, 5.74) is 4.82. The first-order chi connectivity index (χ1) is 9.26. The Balaban J connectivity index is 2.42. The Labute approximate surface area is 118 Å². The molecule has 100 valence electrons. The molecule has 0 radical (unpaired) electrons. The molecule has 0 saturated carbocycles. The SMILES string of the molecule is CCOc1ccccc1C(NN)c1cccc(Cl)c1. The molecule has 0 fully saturated rings. The first kappa shape index (κ1) is 13.9. The average Bonchev–Trinajstić information content (AvgIpc) is 2.42. The number of halogens is 1. The number of hydrogen-bond acceptors (Lipinski definition) is 3. The van der Waals surface area contributed by atoms with Crippen LogP contribution >= 0.6 is 11.6 Å². The number of nitrogens with two attached hydrogens (primary N) is 1. The second kappa shape index (κ2) is 6.57. The summed E-state index contributed by atoms with van der Waals surface area (Å²) >= 11 is 6.03. The first-order valence-corrected chi connectivity index (χ1v) is 6.57. The van der Waals surface area contributed by atoms with E-state index in [4.69, 9.17) is 22.2 Å². The van der Waals surface area contributed by atoms with Crippen molar-refractivity contribution in [3.63, 3.8) is 0 Å². The van der Waals surface area contributed by atoms with Crippen molar-refractivity contribution in [3.05, 3.63) is 64.7 Å². The number of nitrogens with one attached hydrogen (secondary N) is 1. The molecule has 0 aliphatic carbocycles. The Morgan fingerprint density at radius 3 is 2.68 bits per heavy atom. The molecule has 1 atom stereocenters. The lowest BCUT2D eigenvalue weighted by Crippen LogP contribution is -2.29. The Hall–Kier alpha value is -1.55. The highest BCUT2D eigenvalue weighted by molar-refractivity contribution is 6.30. The van der Waals surface area contributed by atoms with E-state index in [1.54, 1.807) is 0 Å². The molecular weight excluding hydrogens is 260 g/mol. The fourth-order valence-corrected chi connectivity index (χ4v) is 2.26. The highest BCUT2D eigenvalue weighted by Crippen LogP contribution is 2.30. The molecule has 0 saturated heterocycles. The second-order valence-corrected chi connectivity index (χ2v) is 4.56. The summed E-state index contributed by atoms with van der Waals surface area (Å²) in [6.07, 6.45) is 0. The lowest BCUT2D eigenvalue weighted by molar-refractivity contribution is 0.333. The fourth-order valence-electron chi connectivity index (χ4n) is 2.06. The molecule has 0 heterocycles. The fraction of sp³-hybridized carbons (Fsp3) is 0.200. The molecule has 0 spiro atoms. The van der Waals surface area contributed by atoms with Crippen LogP contribution in [0.3, 0.4) is 0 Å². The molecule has 2 aromatic rings. The van der Waals surface area contributed by atoms with Crippen molar-refractivity contribution in [2.24, 2.45) is 5.84 Å². The summed E-state index contributed by atoms with van der Waals surface area (Å²) in [5.74, 6) is 6.53. The second-order valence-electron chi connectivity index (χ2n) is 4.13. The van der Waals surface area contributed by atoms with Crippen LogP contribution in [-0.4, -0.2) is 6.61 Å². The predicted octanol–water partition coefficient (Wildman–Crippen LogP) is 3.29. The quantitative estimate of drug-likeness (QED) is 0.651. The smallest absolute Gasteiger partial charge is 0.124 e. The first-order valence-electron chi connectivity index (χ1n) is 6.19. The van der Waals surface area contributed by atoms with Crippen molar-refractivity contribution in [3.8, 4) is 5.75 Å². The zero-order valence-electron chi connectivity index (χ0n) is 10.8. The molecule has 4 heteroatoms. The van der Waals surface area contributed by atoms with Crippen molar-refractivity contribution < 1.29 is 4.74 Å². The van der Waals surface area contributed by atoms with E-state index in [9.17, 15) is 0 Å². The summed E-state index contributed by atoms with van der Waals surface area (Å²) in [6.45, 7) is 2.57. The van der Waals surface area contributed by atoms with Gasteiger partial charge in [-0.2, -0.15) is 0 Å². The van der Waals surface area contributed by atoms with Gasteiger partial charge in [-0.3, -0.25) is 5.84 Å². The molecule has 2 rings (SSSR count). The maximum atomic E-state index is 6.03. The van der Waals surface area contributed by atoms with E-state index in [0.29, 0.717) is 11.6 Å². The summed E-state index contributed by atoms with van der Waals surface area (Å²) in [5, 5.41) is 0.687. The molecule has 19 heavy (non-hydrogen) atoms. The van der Waals surface area contributed by atoms with Crippen molar-refractivity contribution in [1.82, 2.24) is 5.43 Å². The standard InChI is InChI=1S/C15H17ClN2O/c1-2-19-14-9-4-3-8-13(14)15(18-17)11-6-5-7-12(16)10-11/h3-10,15,18H,2,17H2,1H3. The number of benzene rings is 2. The number of ether oxygens (including phenoxy) is 1. The van der Waals surface area contributed by atoms with E-state index in [1.807, 2.05) is 55.5 Å². The molecule has 1 unspecified atom stereocenters. The van der Waals surface area contributed by atoms with Crippen molar-refractivity contribution in [1.29, 1.82) is 0 Å². The highest BCUT2D eigenvalue weighted by Gasteiger charge is 2.16. The van der Waals surface area contributed by atoms with Gasteiger partial charge >= 0.3 is 0 Å². The lowest BCUT2D eigenvalue weighted by atomic mass is 9.98. The summed E-state index contributed by atoms with van der Waals surface area (Å²) in [7, 11) is 0. The molecule has 3 nitrogen and oxygen atoms in total. The van der Waals surface area contributed by atoms with Gasteiger partial charge in [-0.05, 0) is 30.7 Å². The minimum atomic E-state index is -0.151. The van der Waals surface area contributed by atoms with E-state index in [1.165, 1.54) is 0 Å². The van der Waals surface area contributed by atoms with Gasteiger partial charge < -0.3 is 4.74 Å². The average molecular weight is 277 g/mol. The molecule has 0 amide bonds. The third kappa shape index (κ3) is 3.26. The zero-order valence-corrected chi connectivity index (χ0v) is 11.5. The maximum absolute atomic E-state index is 6.03. The minimum Gasteiger partial charge on any atom is -0.494 e. The van der Waals surface area contributed by atoms with Crippen LogP contribution in [0, 0.1) is 0 Å². The zero-order chi connectivity index (χ0) is 13.7. The van der Waals surface area contributed by atoms with Gasteiger partial charge in [0.25, 0.3) is 0 Å². The Bertz CT molecular complexity index is 545. The van der Waals surface area contributed by atoms with E-state index in [2.05, 4.69) is 5.43 Å². The summed E-state index contributed by atoms with van der Waals surface area (Å²) in [6, 6.07) is 15.3. The number of hydrogen-bond donors (Lipinski definition) is 2. The van der Waals surface area contributed by atoms with Crippen molar-refractivity contribution >= 4 is 11.6 Å². The van der Waals surface area contributed by atoms with Gasteiger partial charge in [0.15, 0.2) is 0 Å². The predicted molar refractivity (Wildman–Crippen MR) is 78.2 cm³/mol. The van der Waals surface area contributed by atoms with Crippen LogP contribution in [0.25, 0.3) is 0 Å². The molecule has 0 aromatic heterocycles. The molecule has 2 aromatic carbocycles. The number of para-hydroxylation sites is 1. The third-order valence-electron chi connectivity index (χ3n) is 2.88. The molecule has 3 N–H and O–H groups in total. The van der Waals surface area contributed by atoms with Crippen LogP contribution < -0.4 is 16.0 Å². The van der Waals surface area contributed by atoms with Crippen LogP contribution in [0.1, 0.15) is 24.1 Å². The van der Waals surface area contributed by atoms with Crippen molar-refractivity contribution in [2.45, 2.75) is 13.0 Å². The van der Waals surface area contributed by atoms with Crippen LogP contribution in [-0.2, 0) is 0 Å². The molecular formula is C15H17ClN2O. The molecule has 0 aliphatic heterocycles. The van der Waals surface area contributed by atoms with Crippen molar-refractivity contribution in [2.75, 3.05) is 6.61 Å². The van der Waals surface area contributed by atoms with Crippen LogP contribution in [0.4, 0.5) is 0 Å². The largest absolute Gasteiger partial charge is 0.494 e. The van der Waals surface area contributed by atoms with E-state index < -0.39 is 0 Å². The topological polar surface area (TPSA) is 47.3 Å². The van der Waals surface area contributed by atoms with E-state index >= 15 is 0 Å². The highest BCUT2D eigenvalue weighted by atomic mass is 35.5. The van der Waals surface area contributed by atoms with Crippen LogP contribution in [0.5, 0.6) is 5.75 Å². The van der Waals surface area contributed by atoms with Gasteiger partial charge in [0.05, 0.1) is 12.6 Å². The van der Waals surface area contributed by atoms with Gasteiger partial charge in [0.1, 0.15) is 5.75 Å². The van der Waals surface area contributed by atoms with E-state index in [-0.39, 0.29) is 6.04 Å². The summed E-state index contributed by atoms with van der Waals surface area (Å²) in [4.78, 5) is 0. The molecule has 0 aliphatic rings. The van der Waals surface area contributed by atoms with Gasteiger partial charge in [-0.1, -0.05) is 41.9 Å².